The summed E-state index contributed by atoms with van der Waals surface area (Å²) in [5, 5.41) is 23.1. The van der Waals surface area contributed by atoms with Crippen molar-refractivity contribution >= 4 is 5.97 Å². The quantitative estimate of drug-likeness (QED) is 0.182. The van der Waals surface area contributed by atoms with Gasteiger partial charge < -0.3 is 43.4 Å². The van der Waals surface area contributed by atoms with Crippen LogP contribution in [0, 0.1) is 0 Å². The first-order valence-corrected chi connectivity index (χ1v) is 16.9. The number of aliphatic hydroxyl groups excluding tert-OH is 2. The molecule has 2 saturated heterocycles. The molecule has 10 atom stereocenters. The van der Waals surface area contributed by atoms with Crippen LogP contribution in [0.4, 0.5) is 0 Å². The van der Waals surface area contributed by atoms with Gasteiger partial charge >= 0.3 is 5.97 Å². The molecule has 0 unspecified atom stereocenters. The zero-order valence-corrected chi connectivity index (χ0v) is 28.1. The highest BCUT2D eigenvalue weighted by Crippen LogP contribution is 2.34. The first-order chi connectivity index (χ1) is 24.4. The van der Waals surface area contributed by atoms with Crippen LogP contribution in [0.2, 0.25) is 0 Å². The van der Waals surface area contributed by atoms with E-state index >= 15 is 0 Å². The van der Waals surface area contributed by atoms with Crippen LogP contribution in [0.1, 0.15) is 40.9 Å². The predicted octanol–water partition coefficient (Wildman–Crippen LogP) is 5.20. The van der Waals surface area contributed by atoms with Crippen LogP contribution >= 0.6 is 0 Å². The van der Waals surface area contributed by atoms with E-state index in [1.807, 2.05) is 97.1 Å². The number of rotatable bonds is 13. The van der Waals surface area contributed by atoms with Crippen molar-refractivity contribution in [2.24, 2.45) is 0 Å². The number of aliphatic hydroxyl groups is 2. The molecular weight excluding hydrogens is 640 g/mol. The SMILES string of the molecule is C[C@@H]1O[C@@H](O)[C@H](OCc2ccccc2)[C@H](O[C@H]2O[C@@H](C)[C@H](OC(=O)c3ccccc3)[C@@H](OCc3ccccc3)[C@H]2O)[C@H]1OCc1ccccc1. The van der Waals surface area contributed by atoms with Crippen LogP contribution < -0.4 is 0 Å². The zero-order valence-electron chi connectivity index (χ0n) is 28.1. The number of hydrogen-bond donors (Lipinski definition) is 2. The number of carbonyl (C=O) groups is 1. The predicted molar refractivity (Wildman–Crippen MR) is 182 cm³/mol. The fraction of sp³-hybridized carbons (Fsp3) is 0.375. The van der Waals surface area contributed by atoms with Crippen LogP contribution in [-0.2, 0) is 53.0 Å². The van der Waals surface area contributed by atoms with Gasteiger partial charge in [-0.15, -0.1) is 0 Å². The highest BCUT2D eigenvalue weighted by atomic mass is 16.7. The molecule has 0 radical (unpaired) electrons. The van der Waals surface area contributed by atoms with Crippen LogP contribution in [0.5, 0.6) is 0 Å². The van der Waals surface area contributed by atoms with E-state index in [0.29, 0.717) is 5.56 Å². The van der Waals surface area contributed by atoms with Gasteiger partial charge in [0.15, 0.2) is 18.7 Å². The largest absolute Gasteiger partial charge is 0.453 e. The molecule has 264 valence electrons. The Kier molecular flexibility index (Phi) is 12.4. The summed E-state index contributed by atoms with van der Waals surface area (Å²) >= 11 is 0. The molecule has 0 aliphatic carbocycles. The van der Waals surface area contributed by atoms with E-state index in [0.717, 1.165) is 16.7 Å². The normalized spacial score (nSPS) is 29.7. The van der Waals surface area contributed by atoms with E-state index in [4.69, 9.17) is 33.2 Å². The third-order valence-corrected chi connectivity index (χ3v) is 8.90. The highest BCUT2D eigenvalue weighted by molar-refractivity contribution is 5.89. The van der Waals surface area contributed by atoms with Crippen molar-refractivity contribution in [2.75, 3.05) is 0 Å². The lowest BCUT2D eigenvalue weighted by molar-refractivity contribution is -0.361. The Morgan fingerprint density at radius 2 is 1.00 bits per heavy atom. The molecule has 2 fully saturated rings. The molecule has 2 heterocycles. The molecule has 10 nitrogen and oxygen atoms in total. The van der Waals surface area contributed by atoms with Crippen LogP contribution in [-0.4, -0.2) is 77.6 Å². The van der Waals surface area contributed by atoms with E-state index < -0.39 is 67.4 Å². The Hall–Kier alpha value is -3.97. The smallest absolute Gasteiger partial charge is 0.338 e. The number of esters is 1. The molecule has 2 N–H and O–H groups in total. The molecule has 6 rings (SSSR count). The maximum Gasteiger partial charge on any atom is 0.338 e. The molecule has 0 aromatic heterocycles. The Morgan fingerprint density at radius 1 is 0.560 bits per heavy atom. The molecule has 4 aromatic carbocycles. The highest BCUT2D eigenvalue weighted by Gasteiger charge is 2.52. The number of benzene rings is 4. The van der Waals surface area contributed by atoms with Crippen molar-refractivity contribution in [3.05, 3.63) is 144 Å². The molecule has 10 heteroatoms. The summed E-state index contributed by atoms with van der Waals surface area (Å²) in [7, 11) is 0. The second kappa shape index (κ2) is 17.3. The Balaban J connectivity index is 1.26. The monoisotopic (exact) mass is 684 g/mol. The van der Waals surface area contributed by atoms with Crippen molar-refractivity contribution in [1.82, 2.24) is 0 Å². The number of hydrogen-bond acceptors (Lipinski definition) is 10. The zero-order chi connectivity index (χ0) is 34.9. The van der Waals surface area contributed by atoms with Gasteiger partial charge in [0.2, 0.25) is 0 Å². The second-order valence-electron chi connectivity index (χ2n) is 12.6. The van der Waals surface area contributed by atoms with E-state index in [1.54, 1.807) is 38.1 Å². The fourth-order valence-electron chi connectivity index (χ4n) is 6.23. The molecule has 0 saturated carbocycles. The summed E-state index contributed by atoms with van der Waals surface area (Å²) in [5.74, 6) is -0.573. The van der Waals surface area contributed by atoms with Crippen molar-refractivity contribution in [1.29, 1.82) is 0 Å². The average molecular weight is 685 g/mol. The van der Waals surface area contributed by atoms with Gasteiger partial charge in [0.05, 0.1) is 37.6 Å². The molecular formula is C40H44O10. The third-order valence-electron chi connectivity index (χ3n) is 8.90. The lowest BCUT2D eigenvalue weighted by Gasteiger charge is -2.48. The van der Waals surface area contributed by atoms with E-state index in [-0.39, 0.29) is 19.8 Å². The summed E-state index contributed by atoms with van der Waals surface area (Å²) in [5.41, 5.74) is 3.05. The minimum Gasteiger partial charge on any atom is -0.453 e. The molecule has 2 aliphatic rings. The molecule has 0 amide bonds. The molecule has 0 bridgehead atoms. The second-order valence-corrected chi connectivity index (χ2v) is 12.6. The summed E-state index contributed by atoms with van der Waals surface area (Å²) in [6, 6.07) is 37.3. The van der Waals surface area contributed by atoms with Crippen molar-refractivity contribution in [3.63, 3.8) is 0 Å². The van der Waals surface area contributed by atoms with Crippen molar-refractivity contribution in [3.8, 4) is 0 Å². The van der Waals surface area contributed by atoms with Gasteiger partial charge in [0.1, 0.15) is 30.5 Å². The lowest BCUT2D eigenvalue weighted by atomic mass is 9.96. The average Bonchev–Trinajstić information content (AvgIpc) is 3.14. The van der Waals surface area contributed by atoms with Crippen LogP contribution in [0.3, 0.4) is 0 Å². The van der Waals surface area contributed by atoms with Gasteiger partial charge in [-0.2, -0.15) is 0 Å². The van der Waals surface area contributed by atoms with Crippen LogP contribution in [0.25, 0.3) is 0 Å². The van der Waals surface area contributed by atoms with Gasteiger partial charge in [0.25, 0.3) is 0 Å². The lowest BCUT2D eigenvalue weighted by Crippen LogP contribution is -2.64. The van der Waals surface area contributed by atoms with Crippen molar-refractivity contribution < 1.29 is 48.2 Å². The third kappa shape index (κ3) is 9.03. The first-order valence-electron chi connectivity index (χ1n) is 16.9. The maximum absolute atomic E-state index is 13.2. The number of ether oxygens (including phenoxy) is 7. The summed E-state index contributed by atoms with van der Waals surface area (Å²) < 4.78 is 43.7. The van der Waals surface area contributed by atoms with E-state index in [2.05, 4.69) is 0 Å². The van der Waals surface area contributed by atoms with Gasteiger partial charge in [-0.3, -0.25) is 0 Å². The van der Waals surface area contributed by atoms with Gasteiger partial charge in [-0.05, 0) is 42.7 Å². The van der Waals surface area contributed by atoms with Gasteiger partial charge in [-0.1, -0.05) is 109 Å². The Bertz CT molecular complexity index is 1540. The number of carbonyl (C=O) groups excluding carboxylic acids is 1. The fourth-order valence-corrected chi connectivity index (χ4v) is 6.23. The van der Waals surface area contributed by atoms with Crippen molar-refractivity contribution in [2.45, 2.75) is 95.1 Å². The summed E-state index contributed by atoms with van der Waals surface area (Å²) in [4.78, 5) is 13.2. The first kappa shape index (κ1) is 35.8. The molecule has 4 aromatic rings. The minimum absolute atomic E-state index is 0.139. The van der Waals surface area contributed by atoms with Gasteiger partial charge in [0, 0.05) is 0 Å². The molecule has 0 spiro atoms. The maximum atomic E-state index is 13.2. The topological polar surface area (TPSA) is 122 Å². The molecule has 2 aliphatic heterocycles. The summed E-state index contributed by atoms with van der Waals surface area (Å²) in [6.07, 6.45) is -10.1. The van der Waals surface area contributed by atoms with E-state index in [9.17, 15) is 15.0 Å². The van der Waals surface area contributed by atoms with Crippen LogP contribution in [0.15, 0.2) is 121 Å². The summed E-state index contributed by atoms with van der Waals surface area (Å²) in [6.45, 7) is 4.06. The molecule has 50 heavy (non-hydrogen) atoms. The van der Waals surface area contributed by atoms with E-state index in [1.165, 1.54) is 0 Å². The Morgan fingerprint density at radius 3 is 1.52 bits per heavy atom. The minimum atomic E-state index is -1.41. The standard InChI is InChI=1S/C40H44O10/c1-26-33(44-23-28-15-7-3-8-16-28)36(37(39(43)47-26)46-25-30-19-11-5-12-20-30)50-40-32(41)35(45-24-29-17-9-4-10-18-29)34(27(2)48-40)49-38(42)31-21-13-6-14-22-31/h3-22,26-27,32-37,39-41,43H,23-25H2,1-2H3/t26-,27-,32+,33-,34-,35-,36+,37+,39+,40+/m0/s1. The van der Waals surface area contributed by atoms with Gasteiger partial charge in [-0.25, -0.2) is 4.79 Å². The Labute approximate surface area is 292 Å².